The summed E-state index contributed by atoms with van der Waals surface area (Å²) in [5, 5.41) is 3.93. The van der Waals surface area contributed by atoms with Gasteiger partial charge in [0.15, 0.2) is 5.76 Å². The summed E-state index contributed by atoms with van der Waals surface area (Å²) in [5.41, 5.74) is 1.97. The third-order valence-corrected chi connectivity index (χ3v) is 4.45. The molecule has 0 aliphatic rings. The standard InChI is InChI=1S/C17H14FNO2S/c18-16-9-5-4-8-14(16)11-22(20)12-15-10-17(21-19-15)13-6-2-1-3-7-13/h1-10H,11-12H2/t22-/m1/s1. The van der Waals surface area contributed by atoms with E-state index in [1.807, 2.05) is 30.3 Å². The average Bonchev–Trinajstić information content (AvgIpc) is 2.99. The summed E-state index contributed by atoms with van der Waals surface area (Å²) in [6.07, 6.45) is 0. The first kappa shape index (κ1) is 14.7. The van der Waals surface area contributed by atoms with Gasteiger partial charge in [-0.3, -0.25) is 4.21 Å². The largest absolute Gasteiger partial charge is 0.356 e. The lowest BCUT2D eigenvalue weighted by atomic mass is 10.2. The quantitative estimate of drug-likeness (QED) is 0.716. The van der Waals surface area contributed by atoms with Crippen LogP contribution in [0.1, 0.15) is 11.3 Å². The normalized spacial score (nSPS) is 12.2. The Morgan fingerprint density at radius 3 is 2.50 bits per heavy atom. The number of hydrogen-bond acceptors (Lipinski definition) is 3. The molecule has 112 valence electrons. The van der Waals surface area contributed by atoms with Crippen molar-refractivity contribution in [1.82, 2.24) is 5.16 Å². The zero-order valence-electron chi connectivity index (χ0n) is 11.7. The van der Waals surface area contributed by atoms with Gasteiger partial charge in [0.2, 0.25) is 0 Å². The van der Waals surface area contributed by atoms with E-state index in [0.717, 1.165) is 5.56 Å². The van der Waals surface area contributed by atoms with Crippen molar-refractivity contribution in [1.29, 1.82) is 0 Å². The molecule has 3 nitrogen and oxygen atoms in total. The molecule has 0 N–H and O–H groups in total. The Morgan fingerprint density at radius 2 is 1.73 bits per heavy atom. The Bertz CT molecular complexity index is 786. The molecule has 22 heavy (non-hydrogen) atoms. The molecular formula is C17H14FNO2S. The molecule has 0 radical (unpaired) electrons. The molecule has 3 rings (SSSR count). The van der Waals surface area contributed by atoms with Gasteiger partial charge in [0.1, 0.15) is 5.82 Å². The van der Waals surface area contributed by atoms with E-state index in [2.05, 4.69) is 5.16 Å². The Labute approximate surface area is 130 Å². The van der Waals surface area contributed by atoms with E-state index in [-0.39, 0.29) is 17.3 Å². The fourth-order valence-corrected chi connectivity index (χ4v) is 3.27. The second-order valence-electron chi connectivity index (χ2n) is 4.87. The molecule has 0 spiro atoms. The second kappa shape index (κ2) is 6.66. The van der Waals surface area contributed by atoms with Crippen LogP contribution in [-0.4, -0.2) is 9.37 Å². The van der Waals surface area contributed by atoms with Crippen LogP contribution in [0.25, 0.3) is 11.3 Å². The highest BCUT2D eigenvalue weighted by Gasteiger charge is 2.11. The molecule has 1 atom stereocenters. The predicted molar refractivity (Wildman–Crippen MR) is 83.9 cm³/mol. The molecule has 5 heteroatoms. The van der Waals surface area contributed by atoms with Crippen LogP contribution in [0.4, 0.5) is 4.39 Å². The summed E-state index contributed by atoms with van der Waals surface area (Å²) >= 11 is 0. The summed E-state index contributed by atoms with van der Waals surface area (Å²) in [6, 6.07) is 17.7. The van der Waals surface area contributed by atoms with Crippen LogP contribution in [0.3, 0.4) is 0 Å². The van der Waals surface area contributed by atoms with Crippen LogP contribution >= 0.6 is 0 Å². The Morgan fingerprint density at radius 1 is 1.00 bits per heavy atom. The molecule has 1 aromatic heterocycles. The Balaban J connectivity index is 1.68. The van der Waals surface area contributed by atoms with Crippen molar-refractivity contribution in [3.05, 3.63) is 77.7 Å². The lowest BCUT2D eigenvalue weighted by Crippen LogP contribution is -2.01. The number of nitrogens with zero attached hydrogens (tertiary/aromatic N) is 1. The molecule has 0 bridgehead atoms. The van der Waals surface area contributed by atoms with Gasteiger partial charge in [-0.2, -0.15) is 0 Å². The minimum Gasteiger partial charge on any atom is -0.356 e. The first-order chi connectivity index (χ1) is 10.7. The van der Waals surface area contributed by atoms with Crippen molar-refractivity contribution < 1.29 is 13.1 Å². The zero-order valence-corrected chi connectivity index (χ0v) is 12.6. The average molecular weight is 315 g/mol. The van der Waals surface area contributed by atoms with Gasteiger partial charge in [-0.15, -0.1) is 0 Å². The monoisotopic (exact) mass is 315 g/mol. The first-order valence-corrected chi connectivity index (χ1v) is 8.30. The second-order valence-corrected chi connectivity index (χ2v) is 6.33. The van der Waals surface area contributed by atoms with Gasteiger partial charge in [-0.25, -0.2) is 4.39 Å². The summed E-state index contributed by atoms with van der Waals surface area (Å²) in [5.74, 6) is 0.713. The van der Waals surface area contributed by atoms with Crippen molar-refractivity contribution in [2.45, 2.75) is 11.5 Å². The van der Waals surface area contributed by atoms with Crippen LogP contribution in [0.5, 0.6) is 0 Å². The third-order valence-electron chi connectivity index (χ3n) is 3.20. The molecule has 0 unspecified atom stereocenters. The number of benzene rings is 2. The van der Waals surface area contributed by atoms with E-state index < -0.39 is 10.8 Å². The fourth-order valence-electron chi connectivity index (χ4n) is 2.12. The van der Waals surface area contributed by atoms with E-state index in [4.69, 9.17) is 4.52 Å². The smallest absolute Gasteiger partial charge is 0.167 e. The number of rotatable bonds is 5. The molecule has 0 amide bonds. The molecule has 0 fully saturated rings. The van der Waals surface area contributed by atoms with Gasteiger partial charge in [-0.1, -0.05) is 53.7 Å². The third kappa shape index (κ3) is 3.49. The highest BCUT2D eigenvalue weighted by molar-refractivity contribution is 7.83. The Hall–Kier alpha value is -2.27. The SMILES string of the molecule is O=[S@@](Cc1cc(-c2ccccc2)on1)Cc1ccccc1F. The zero-order chi connectivity index (χ0) is 15.4. The van der Waals surface area contributed by atoms with Crippen LogP contribution in [0.2, 0.25) is 0 Å². The van der Waals surface area contributed by atoms with Crippen molar-refractivity contribution >= 4 is 10.8 Å². The van der Waals surface area contributed by atoms with Gasteiger partial charge in [0.25, 0.3) is 0 Å². The van der Waals surface area contributed by atoms with Gasteiger partial charge >= 0.3 is 0 Å². The molecule has 0 aliphatic carbocycles. The molecule has 2 aromatic carbocycles. The summed E-state index contributed by atoms with van der Waals surface area (Å²) in [6.45, 7) is 0. The maximum atomic E-state index is 13.5. The van der Waals surface area contributed by atoms with Gasteiger partial charge in [0, 0.05) is 28.0 Å². The predicted octanol–water partition coefficient (Wildman–Crippen LogP) is 3.93. The lowest BCUT2D eigenvalue weighted by Gasteiger charge is -2.01. The van der Waals surface area contributed by atoms with Crippen molar-refractivity contribution in [3.63, 3.8) is 0 Å². The minimum atomic E-state index is -1.24. The highest BCUT2D eigenvalue weighted by atomic mass is 32.2. The van der Waals surface area contributed by atoms with E-state index in [1.165, 1.54) is 6.07 Å². The van der Waals surface area contributed by atoms with Crippen molar-refractivity contribution in [3.8, 4) is 11.3 Å². The maximum Gasteiger partial charge on any atom is 0.167 e. The number of hydrogen-bond donors (Lipinski definition) is 0. The maximum absolute atomic E-state index is 13.5. The van der Waals surface area contributed by atoms with Crippen molar-refractivity contribution in [2.75, 3.05) is 0 Å². The van der Waals surface area contributed by atoms with Crippen LogP contribution in [0, 0.1) is 5.82 Å². The van der Waals surface area contributed by atoms with Crippen molar-refractivity contribution in [2.24, 2.45) is 0 Å². The van der Waals surface area contributed by atoms with E-state index in [9.17, 15) is 8.60 Å². The van der Waals surface area contributed by atoms with Crippen LogP contribution in [0.15, 0.2) is 65.2 Å². The molecule has 0 saturated heterocycles. The van der Waals surface area contributed by atoms with Crippen LogP contribution in [-0.2, 0) is 22.3 Å². The van der Waals surface area contributed by atoms with E-state index in [0.29, 0.717) is 17.0 Å². The van der Waals surface area contributed by atoms with E-state index >= 15 is 0 Å². The minimum absolute atomic E-state index is 0.167. The molecule has 3 aromatic rings. The molecule has 1 heterocycles. The molecular weight excluding hydrogens is 301 g/mol. The topological polar surface area (TPSA) is 43.1 Å². The number of halogens is 1. The lowest BCUT2D eigenvalue weighted by molar-refractivity contribution is 0.426. The highest BCUT2D eigenvalue weighted by Crippen LogP contribution is 2.21. The Kier molecular flexibility index (Phi) is 4.44. The number of aromatic nitrogens is 1. The van der Waals surface area contributed by atoms with Crippen LogP contribution < -0.4 is 0 Å². The fraction of sp³-hybridized carbons (Fsp3) is 0.118. The summed E-state index contributed by atoms with van der Waals surface area (Å²) < 4.78 is 31.0. The van der Waals surface area contributed by atoms with Gasteiger partial charge < -0.3 is 4.52 Å². The van der Waals surface area contributed by atoms with Gasteiger partial charge in [-0.05, 0) is 6.07 Å². The van der Waals surface area contributed by atoms with Gasteiger partial charge in [0.05, 0.1) is 17.2 Å². The first-order valence-electron chi connectivity index (χ1n) is 6.82. The summed E-state index contributed by atoms with van der Waals surface area (Å²) in [7, 11) is -1.24. The molecule has 0 saturated carbocycles. The summed E-state index contributed by atoms with van der Waals surface area (Å²) in [4.78, 5) is 0. The van der Waals surface area contributed by atoms with E-state index in [1.54, 1.807) is 24.3 Å². The molecule has 0 aliphatic heterocycles.